The van der Waals surface area contributed by atoms with Crippen molar-refractivity contribution in [1.82, 2.24) is 5.32 Å². The average molecular weight is 213 g/mol. The van der Waals surface area contributed by atoms with Gasteiger partial charge in [0, 0.05) is 12.3 Å². The fourth-order valence-corrected chi connectivity index (χ4v) is 2.53. The first-order valence-corrected chi connectivity index (χ1v) is 5.58. The van der Waals surface area contributed by atoms with Crippen LogP contribution in [0.4, 0.5) is 0 Å². The monoisotopic (exact) mass is 213 g/mol. The van der Waals surface area contributed by atoms with Crippen LogP contribution < -0.4 is 5.32 Å². The van der Waals surface area contributed by atoms with Crippen LogP contribution in [0.3, 0.4) is 0 Å². The molecule has 1 saturated carbocycles. The van der Waals surface area contributed by atoms with Gasteiger partial charge in [0.2, 0.25) is 5.91 Å². The summed E-state index contributed by atoms with van der Waals surface area (Å²) < 4.78 is 5.61. The van der Waals surface area contributed by atoms with Crippen LogP contribution >= 0.6 is 0 Å². The van der Waals surface area contributed by atoms with Crippen molar-refractivity contribution in [3.05, 3.63) is 0 Å². The smallest absolute Gasteiger partial charge is 0.223 e. The molecule has 4 heteroatoms. The second-order valence-electron chi connectivity index (χ2n) is 5.23. The summed E-state index contributed by atoms with van der Waals surface area (Å²) in [5.74, 6) is 0.0818. The van der Waals surface area contributed by atoms with E-state index in [0.717, 1.165) is 19.3 Å². The third-order valence-electron chi connectivity index (χ3n) is 3.58. The van der Waals surface area contributed by atoms with Crippen LogP contribution in [0.2, 0.25) is 0 Å². The lowest BCUT2D eigenvalue weighted by atomic mass is 9.97. The Bertz CT molecular complexity index is 267. The number of amides is 1. The molecular weight excluding hydrogens is 194 g/mol. The second-order valence-corrected chi connectivity index (χ2v) is 5.23. The van der Waals surface area contributed by atoms with Gasteiger partial charge in [-0.05, 0) is 12.8 Å². The lowest BCUT2D eigenvalue weighted by Crippen LogP contribution is -2.49. The molecule has 0 aromatic carbocycles. The Balaban J connectivity index is 2.03. The van der Waals surface area contributed by atoms with E-state index < -0.39 is 0 Å². The van der Waals surface area contributed by atoms with E-state index in [1.54, 1.807) is 0 Å². The maximum atomic E-state index is 11.6. The first-order chi connectivity index (χ1) is 7.01. The van der Waals surface area contributed by atoms with Gasteiger partial charge in [0.25, 0.3) is 0 Å². The number of ether oxygens (including phenoxy) is 1. The van der Waals surface area contributed by atoms with Crippen molar-refractivity contribution in [2.24, 2.45) is 5.92 Å². The molecule has 1 amide bonds. The van der Waals surface area contributed by atoms with Crippen molar-refractivity contribution in [1.29, 1.82) is 0 Å². The zero-order chi connectivity index (χ0) is 11.1. The van der Waals surface area contributed by atoms with Gasteiger partial charge < -0.3 is 15.2 Å². The fraction of sp³-hybridized carbons (Fsp3) is 0.909. The molecule has 2 rings (SSSR count). The molecule has 86 valence electrons. The molecule has 2 bridgehead atoms. The van der Waals surface area contributed by atoms with Gasteiger partial charge in [0.1, 0.15) is 0 Å². The van der Waals surface area contributed by atoms with Gasteiger partial charge in [0.05, 0.1) is 24.4 Å². The SMILES string of the molecule is CC(C)C(=O)NC12CCC(CO)(C1)OC2. The number of hydrogen-bond donors (Lipinski definition) is 2. The third-order valence-corrected chi connectivity index (χ3v) is 3.58. The van der Waals surface area contributed by atoms with Crippen LogP contribution in [0.15, 0.2) is 0 Å². The maximum Gasteiger partial charge on any atom is 0.223 e. The zero-order valence-corrected chi connectivity index (χ0v) is 9.38. The van der Waals surface area contributed by atoms with Crippen molar-refractivity contribution in [2.45, 2.75) is 44.2 Å². The van der Waals surface area contributed by atoms with Crippen molar-refractivity contribution in [3.63, 3.8) is 0 Å². The Morgan fingerprint density at radius 2 is 2.27 bits per heavy atom. The normalized spacial score (nSPS) is 38.7. The quantitative estimate of drug-likeness (QED) is 0.715. The van der Waals surface area contributed by atoms with Crippen molar-refractivity contribution in [2.75, 3.05) is 13.2 Å². The summed E-state index contributed by atoms with van der Waals surface area (Å²) in [6.45, 7) is 4.38. The Hall–Kier alpha value is -0.610. The van der Waals surface area contributed by atoms with E-state index in [2.05, 4.69) is 5.32 Å². The Labute approximate surface area is 90.0 Å². The highest BCUT2D eigenvalue weighted by Crippen LogP contribution is 2.46. The molecule has 0 aromatic heterocycles. The van der Waals surface area contributed by atoms with E-state index in [-0.39, 0.29) is 29.6 Å². The molecule has 2 fully saturated rings. The predicted octanol–water partition coefficient (Wildman–Crippen LogP) is 0.443. The molecule has 2 unspecified atom stereocenters. The van der Waals surface area contributed by atoms with Gasteiger partial charge in [-0.2, -0.15) is 0 Å². The molecule has 1 aliphatic carbocycles. The molecule has 1 heterocycles. The van der Waals surface area contributed by atoms with E-state index in [1.807, 2.05) is 13.8 Å². The minimum atomic E-state index is -0.371. The predicted molar refractivity (Wildman–Crippen MR) is 55.3 cm³/mol. The molecular formula is C11H19NO3. The maximum absolute atomic E-state index is 11.6. The molecule has 1 saturated heterocycles. The van der Waals surface area contributed by atoms with Gasteiger partial charge >= 0.3 is 0 Å². The van der Waals surface area contributed by atoms with Gasteiger partial charge in [0.15, 0.2) is 0 Å². The third kappa shape index (κ3) is 1.76. The zero-order valence-electron chi connectivity index (χ0n) is 9.38. The van der Waals surface area contributed by atoms with Gasteiger partial charge in [-0.1, -0.05) is 13.8 Å². The molecule has 0 spiro atoms. The minimum Gasteiger partial charge on any atom is -0.393 e. The number of carbonyl (C=O) groups excluding carboxylic acids is 1. The standard InChI is InChI=1S/C11H19NO3/c1-8(2)9(14)12-10-3-4-11(5-10,6-13)15-7-10/h8,13H,3-7H2,1-2H3,(H,12,14). The molecule has 15 heavy (non-hydrogen) atoms. The summed E-state index contributed by atoms with van der Waals surface area (Å²) in [6, 6.07) is 0. The van der Waals surface area contributed by atoms with Crippen molar-refractivity contribution in [3.8, 4) is 0 Å². The molecule has 4 nitrogen and oxygen atoms in total. The van der Waals surface area contributed by atoms with Crippen LogP contribution in [-0.4, -0.2) is 35.4 Å². The Morgan fingerprint density at radius 1 is 1.53 bits per heavy atom. The van der Waals surface area contributed by atoms with E-state index in [4.69, 9.17) is 4.74 Å². The summed E-state index contributed by atoms with van der Waals surface area (Å²) in [7, 11) is 0. The first kappa shape index (κ1) is 10.9. The lowest BCUT2D eigenvalue weighted by Gasteiger charge is -2.28. The molecule has 0 radical (unpaired) electrons. The molecule has 1 aliphatic heterocycles. The highest BCUT2D eigenvalue weighted by Gasteiger charge is 2.56. The summed E-state index contributed by atoms with van der Waals surface area (Å²) in [5.41, 5.74) is -0.575. The summed E-state index contributed by atoms with van der Waals surface area (Å²) in [4.78, 5) is 11.6. The molecule has 0 aromatic rings. The minimum absolute atomic E-state index is 0.00380. The summed E-state index contributed by atoms with van der Waals surface area (Å²) in [5, 5.41) is 12.3. The number of aliphatic hydroxyl groups excluding tert-OH is 1. The van der Waals surface area contributed by atoms with Crippen LogP contribution in [0.5, 0.6) is 0 Å². The van der Waals surface area contributed by atoms with Crippen molar-refractivity contribution < 1.29 is 14.6 Å². The van der Waals surface area contributed by atoms with Crippen LogP contribution in [0, 0.1) is 5.92 Å². The molecule has 2 aliphatic rings. The number of nitrogens with one attached hydrogen (secondary N) is 1. The lowest BCUT2D eigenvalue weighted by molar-refractivity contribution is -0.126. The molecule has 2 N–H and O–H groups in total. The highest BCUT2D eigenvalue weighted by molar-refractivity contribution is 5.78. The number of fused-ring (bicyclic) bond motifs is 2. The van der Waals surface area contributed by atoms with E-state index in [9.17, 15) is 9.90 Å². The Kier molecular flexibility index (Phi) is 2.51. The number of aliphatic hydroxyl groups is 1. The van der Waals surface area contributed by atoms with Crippen LogP contribution in [0.25, 0.3) is 0 Å². The first-order valence-electron chi connectivity index (χ1n) is 5.58. The summed E-state index contributed by atoms with van der Waals surface area (Å²) in [6.07, 6.45) is 2.53. The highest BCUT2D eigenvalue weighted by atomic mass is 16.5. The number of rotatable bonds is 3. The van der Waals surface area contributed by atoms with Crippen LogP contribution in [-0.2, 0) is 9.53 Å². The number of hydrogen-bond acceptors (Lipinski definition) is 3. The van der Waals surface area contributed by atoms with E-state index in [1.165, 1.54) is 0 Å². The van der Waals surface area contributed by atoms with E-state index >= 15 is 0 Å². The van der Waals surface area contributed by atoms with Crippen molar-refractivity contribution >= 4 is 5.91 Å². The van der Waals surface area contributed by atoms with E-state index in [0.29, 0.717) is 6.61 Å². The largest absolute Gasteiger partial charge is 0.393 e. The second kappa shape index (κ2) is 3.46. The summed E-state index contributed by atoms with van der Waals surface area (Å²) >= 11 is 0. The average Bonchev–Trinajstić information content (AvgIpc) is 2.73. The van der Waals surface area contributed by atoms with Gasteiger partial charge in [-0.15, -0.1) is 0 Å². The number of carbonyl (C=O) groups is 1. The molecule has 2 atom stereocenters. The topological polar surface area (TPSA) is 58.6 Å². The fourth-order valence-electron chi connectivity index (χ4n) is 2.53. The van der Waals surface area contributed by atoms with Gasteiger partial charge in [-0.3, -0.25) is 4.79 Å². The van der Waals surface area contributed by atoms with Crippen LogP contribution in [0.1, 0.15) is 33.1 Å². The van der Waals surface area contributed by atoms with Gasteiger partial charge in [-0.25, -0.2) is 0 Å². The Morgan fingerprint density at radius 3 is 2.67 bits per heavy atom.